The fourth-order valence-electron chi connectivity index (χ4n) is 3.24. The number of carbonyl (C=O) groups excluding carboxylic acids is 3. The van der Waals surface area contributed by atoms with Crippen molar-refractivity contribution >= 4 is 29.2 Å². The highest BCUT2D eigenvalue weighted by atomic mass is 16.5. The van der Waals surface area contributed by atoms with E-state index < -0.39 is 18.5 Å². The van der Waals surface area contributed by atoms with Gasteiger partial charge in [-0.2, -0.15) is 0 Å². The molecule has 0 radical (unpaired) electrons. The fraction of sp³-hybridized carbons (Fsp3) is 0.222. The van der Waals surface area contributed by atoms with E-state index in [9.17, 15) is 14.4 Å². The zero-order chi connectivity index (χ0) is 25.0. The van der Waals surface area contributed by atoms with Crippen molar-refractivity contribution in [2.45, 2.75) is 19.8 Å². The van der Waals surface area contributed by atoms with Gasteiger partial charge >= 0.3 is 5.97 Å². The number of rotatable bonds is 11. The Labute approximate surface area is 204 Å². The predicted molar refractivity (Wildman–Crippen MR) is 133 cm³/mol. The fourth-order valence-corrected chi connectivity index (χ4v) is 3.24. The molecule has 0 bridgehead atoms. The summed E-state index contributed by atoms with van der Waals surface area (Å²) < 4.78 is 15.7. The molecular formula is C27H28N2O6. The molecule has 0 aliphatic rings. The van der Waals surface area contributed by atoms with Crippen molar-refractivity contribution in [1.82, 2.24) is 0 Å². The van der Waals surface area contributed by atoms with Crippen LogP contribution in [0.2, 0.25) is 0 Å². The van der Waals surface area contributed by atoms with Crippen LogP contribution in [0, 0.1) is 0 Å². The van der Waals surface area contributed by atoms with Crippen molar-refractivity contribution in [2.75, 3.05) is 31.0 Å². The van der Waals surface area contributed by atoms with Crippen molar-refractivity contribution < 1.29 is 28.6 Å². The second kappa shape index (κ2) is 12.8. The second-order valence-electron chi connectivity index (χ2n) is 7.52. The smallest absolute Gasteiger partial charge is 0.340 e. The van der Waals surface area contributed by atoms with Crippen molar-refractivity contribution in [3.05, 3.63) is 83.9 Å². The van der Waals surface area contributed by atoms with Crippen molar-refractivity contribution in [3.8, 4) is 11.5 Å². The number of amides is 2. The van der Waals surface area contributed by atoms with E-state index in [1.807, 2.05) is 31.2 Å². The predicted octanol–water partition coefficient (Wildman–Crippen LogP) is 4.46. The molecule has 0 fully saturated rings. The minimum absolute atomic E-state index is 0.166. The average molecular weight is 477 g/mol. The van der Waals surface area contributed by atoms with Gasteiger partial charge in [0.1, 0.15) is 11.5 Å². The minimum Gasteiger partial charge on any atom is -0.497 e. The van der Waals surface area contributed by atoms with Crippen LogP contribution in [0.4, 0.5) is 11.4 Å². The minimum atomic E-state index is -0.710. The standard InChI is InChI=1S/C27H28N2O6/c1-3-34-22-15-11-20(12-16-22)28-26(31)18-35-27(32)23-6-4-5-7-24(23)29-25(30)17-10-19-8-13-21(33-2)14-9-19/h4-9,11-16H,3,10,17-18H2,1-2H3,(H,28,31)(H,29,30). The number of methoxy groups -OCH3 is 1. The molecule has 8 nitrogen and oxygen atoms in total. The lowest BCUT2D eigenvalue weighted by atomic mass is 10.1. The van der Waals surface area contributed by atoms with Gasteiger partial charge in [-0.15, -0.1) is 0 Å². The van der Waals surface area contributed by atoms with Crippen LogP contribution in [0.5, 0.6) is 11.5 Å². The van der Waals surface area contributed by atoms with Crippen LogP contribution >= 0.6 is 0 Å². The normalized spacial score (nSPS) is 10.2. The van der Waals surface area contributed by atoms with Gasteiger partial charge in [-0.25, -0.2) is 4.79 Å². The summed E-state index contributed by atoms with van der Waals surface area (Å²) in [6.45, 7) is 1.97. The molecule has 8 heteroatoms. The third-order valence-corrected chi connectivity index (χ3v) is 5.00. The summed E-state index contributed by atoms with van der Waals surface area (Å²) in [5, 5.41) is 5.41. The molecule has 3 rings (SSSR count). The van der Waals surface area contributed by atoms with Crippen LogP contribution in [0.3, 0.4) is 0 Å². The van der Waals surface area contributed by atoms with Gasteiger partial charge in [0.2, 0.25) is 5.91 Å². The molecule has 0 aliphatic heterocycles. The summed E-state index contributed by atoms with van der Waals surface area (Å²) in [7, 11) is 1.60. The summed E-state index contributed by atoms with van der Waals surface area (Å²) in [6.07, 6.45) is 0.772. The maximum Gasteiger partial charge on any atom is 0.340 e. The first kappa shape index (κ1) is 25.3. The lowest BCUT2D eigenvalue weighted by molar-refractivity contribution is -0.119. The summed E-state index contributed by atoms with van der Waals surface area (Å²) in [5.74, 6) is 0.00844. The second-order valence-corrected chi connectivity index (χ2v) is 7.52. The molecule has 3 aromatic carbocycles. The largest absolute Gasteiger partial charge is 0.497 e. The molecule has 2 N–H and O–H groups in total. The van der Waals surface area contributed by atoms with Crippen molar-refractivity contribution in [3.63, 3.8) is 0 Å². The Hall–Kier alpha value is -4.33. The SMILES string of the molecule is CCOc1ccc(NC(=O)COC(=O)c2ccccc2NC(=O)CCc2ccc(OC)cc2)cc1. The molecule has 2 amide bonds. The summed E-state index contributed by atoms with van der Waals surface area (Å²) in [4.78, 5) is 37.2. The molecule has 35 heavy (non-hydrogen) atoms. The first-order valence-corrected chi connectivity index (χ1v) is 11.2. The van der Waals surface area contributed by atoms with Gasteiger partial charge in [-0.3, -0.25) is 9.59 Å². The van der Waals surface area contributed by atoms with E-state index in [0.717, 1.165) is 11.3 Å². The molecule has 0 saturated carbocycles. The Balaban J connectivity index is 1.50. The number of hydrogen-bond donors (Lipinski definition) is 2. The first-order valence-electron chi connectivity index (χ1n) is 11.2. The van der Waals surface area contributed by atoms with Gasteiger partial charge < -0.3 is 24.8 Å². The van der Waals surface area contributed by atoms with Gasteiger partial charge in [0.25, 0.3) is 5.91 Å². The van der Waals surface area contributed by atoms with E-state index >= 15 is 0 Å². The van der Waals surface area contributed by atoms with E-state index in [1.54, 1.807) is 49.6 Å². The Morgan fingerprint density at radius 1 is 0.800 bits per heavy atom. The Morgan fingerprint density at radius 2 is 1.49 bits per heavy atom. The maximum atomic E-state index is 12.6. The third kappa shape index (κ3) is 7.89. The Morgan fingerprint density at radius 3 is 2.17 bits per heavy atom. The molecule has 0 unspecified atom stereocenters. The summed E-state index contributed by atoms with van der Waals surface area (Å²) >= 11 is 0. The molecule has 182 valence electrons. The van der Waals surface area contributed by atoms with Crippen molar-refractivity contribution in [1.29, 1.82) is 0 Å². The zero-order valence-electron chi connectivity index (χ0n) is 19.7. The molecule has 0 atom stereocenters. The number of para-hydroxylation sites is 1. The highest BCUT2D eigenvalue weighted by molar-refractivity contribution is 6.02. The van der Waals surface area contributed by atoms with Crippen LogP contribution in [0.25, 0.3) is 0 Å². The number of hydrogen-bond acceptors (Lipinski definition) is 6. The molecule has 0 spiro atoms. The highest BCUT2D eigenvalue weighted by Gasteiger charge is 2.16. The van der Waals surface area contributed by atoms with Gasteiger partial charge in [0, 0.05) is 12.1 Å². The number of ether oxygens (including phenoxy) is 3. The third-order valence-electron chi connectivity index (χ3n) is 5.00. The van der Waals surface area contributed by atoms with E-state index in [-0.39, 0.29) is 17.9 Å². The van der Waals surface area contributed by atoms with Gasteiger partial charge in [0.15, 0.2) is 6.61 Å². The molecule has 0 heterocycles. The summed E-state index contributed by atoms with van der Waals surface area (Å²) in [6, 6.07) is 20.8. The van der Waals surface area contributed by atoms with Crippen LogP contribution in [0.1, 0.15) is 29.3 Å². The quantitative estimate of drug-likeness (QED) is 0.396. The molecule has 0 aromatic heterocycles. The highest BCUT2D eigenvalue weighted by Crippen LogP contribution is 2.18. The topological polar surface area (TPSA) is 103 Å². The lowest BCUT2D eigenvalue weighted by Gasteiger charge is -2.11. The molecular weight excluding hydrogens is 448 g/mol. The molecule has 0 saturated heterocycles. The Bertz CT molecular complexity index is 1140. The van der Waals surface area contributed by atoms with Crippen LogP contribution in [-0.2, 0) is 20.7 Å². The molecule has 0 aliphatic carbocycles. The first-order chi connectivity index (χ1) is 17.0. The van der Waals surface area contributed by atoms with Gasteiger partial charge in [-0.1, -0.05) is 24.3 Å². The van der Waals surface area contributed by atoms with Gasteiger partial charge in [0.05, 0.1) is 25.0 Å². The van der Waals surface area contributed by atoms with Crippen molar-refractivity contribution in [2.24, 2.45) is 0 Å². The number of anilines is 2. The monoisotopic (exact) mass is 476 g/mol. The number of carbonyl (C=O) groups is 3. The number of benzene rings is 3. The Kier molecular flexibility index (Phi) is 9.24. The zero-order valence-corrected chi connectivity index (χ0v) is 19.7. The van der Waals surface area contributed by atoms with Gasteiger partial charge in [-0.05, 0) is 67.4 Å². The van der Waals surface area contributed by atoms with E-state index in [4.69, 9.17) is 14.2 Å². The number of nitrogens with one attached hydrogen (secondary N) is 2. The van der Waals surface area contributed by atoms with E-state index in [2.05, 4.69) is 10.6 Å². The number of esters is 1. The van der Waals surface area contributed by atoms with Crippen LogP contribution in [0.15, 0.2) is 72.8 Å². The van der Waals surface area contributed by atoms with E-state index in [1.165, 1.54) is 6.07 Å². The molecule has 3 aromatic rings. The summed E-state index contributed by atoms with van der Waals surface area (Å²) in [5.41, 5.74) is 2.04. The van der Waals surface area contributed by atoms with Crippen LogP contribution in [-0.4, -0.2) is 38.1 Å². The lowest BCUT2D eigenvalue weighted by Crippen LogP contribution is -2.22. The number of aryl methyl sites for hydroxylation is 1. The maximum absolute atomic E-state index is 12.6. The average Bonchev–Trinajstić information content (AvgIpc) is 2.88. The van der Waals surface area contributed by atoms with E-state index in [0.29, 0.717) is 30.2 Å². The van der Waals surface area contributed by atoms with Crippen LogP contribution < -0.4 is 20.1 Å².